The number of rotatable bonds is 7. The molecule has 4 rings (SSSR count). The van der Waals surface area contributed by atoms with Crippen LogP contribution in [0, 0.1) is 5.92 Å². The van der Waals surface area contributed by atoms with E-state index in [0.717, 1.165) is 56.1 Å². The van der Waals surface area contributed by atoms with Gasteiger partial charge in [-0.15, -0.1) is 0 Å². The zero-order chi connectivity index (χ0) is 21.8. The van der Waals surface area contributed by atoms with Crippen LogP contribution in [0.3, 0.4) is 0 Å². The highest BCUT2D eigenvalue weighted by Crippen LogP contribution is 2.30. The first kappa shape index (κ1) is 22.6. The number of halogens is 2. The molecule has 1 fully saturated rings. The Balaban J connectivity index is 1.27. The minimum absolute atomic E-state index is 0.458. The van der Waals surface area contributed by atoms with Crippen LogP contribution in [0.2, 0.25) is 10.0 Å². The van der Waals surface area contributed by atoms with Crippen molar-refractivity contribution < 1.29 is 0 Å². The van der Waals surface area contributed by atoms with E-state index in [2.05, 4.69) is 29.6 Å². The molecular formula is C24H33Cl2N5. The molecule has 2 aliphatic carbocycles. The zero-order valence-electron chi connectivity index (χ0n) is 18.6. The molecule has 0 aliphatic heterocycles. The molecular weight excluding hydrogens is 429 g/mol. The Morgan fingerprint density at radius 3 is 2.39 bits per heavy atom. The van der Waals surface area contributed by atoms with E-state index in [-0.39, 0.29) is 0 Å². The smallest absolute Gasteiger partial charge is 0.225 e. The molecule has 2 N–H and O–H groups in total. The summed E-state index contributed by atoms with van der Waals surface area (Å²) in [4.78, 5) is 11.9. The maximum absolute atomic E-state index is 6.09. The highest BCUT2D eigenvalue weighted by Gasteiger charge is 2.24. The lowest BCUT2D eigenvalue weighted by molar-refractivity contribution is 0.323. The van der Waals surface area contributed by atoms with Gasteiger partial charge in [0, 0.05) is 42.3 Å². The van der Waals surface area contributed by atoms with E-state index < -0.39 is 0 Å². The minimum Gasteiger partial charge on any atom is -0.362 e. The van der Waals surface area contributed by atoms with Gasteiger partial charge >= 0.3 is 0 Å². The fourth-order valence-electron chi connectivity index (χ4n) is 4.84. The topological polar surface area (TPSA) is 53.1 Å². The number of benzene rings is 1. The molecule has 2 aromatic rings. The first-order chi connectivity index (χ1) is 15.0. The number of fused-ring (bicyclic) bond motifs is 1. The summed E-state index contributed by atoms with van der Waals surface area (Å²) in [6.45, 7) is 1.83. The van der Waals surface area contributed by atoms with Gasteiger partial charge in [0.25, 0.3) is 0 Å². The van der Waals surface area contributed by atoms with Gasteiger partial charge in [0.15, 0.2) is 0 Å². The Bertz CT molecular complexity index is 874. The Morgan fingerprint density at radius 2 is 1.68 bits per heavy atom. The van der Waals surface area contributed by atoms with Gasteiger partial charge in [0.1, 0.15) is 5.82 Å². The molecule has 168 valence electrons. The highest BCUT2D eigenvalue weighted by atomic mass is 35.5. The number of nitrogens with one attached hydrogen (secondary N) is 2. The van der Waals surface area contributed by atoms with Crippen molar-refractivity contribution in [3.63, 3.8) is 0 Å². The van der Waals surface area contributed by atoms with E-state index in [4.69, 9.17) is 33.2 Å². The van der Waals surface area contributed by atoms with Gasteiger partial charge in [-0.3, -0.25) is 0 Å². The molecule has 0 atom stereocenters. The molecule has 1 heterocycles. The third-order valence-corrected chi connectivity index (χ3v) is 6.89. The number of aryl methyl sites for hydroxylation is 1. The monoisotopic (exact) mass is 461 g/mol. The second-order valence-corrected chi connectivity index (χ2v) is 10.0. The number of anilines is 2. The van der Waals surface area contributed by atoms with Gasteiger partial charge in [-0.2, -0.15) is 4.98 Å². The van der Waals surface area contributed by atoms with Gasteiger partial charge in [-0.1, -0.05) is 23.2 Å². The van der Waals surface area contributed by atoms with Crippen LogP contribution >= 0.6 is 23.2 Å². The van der Waals surface area contributed by atoms with Crippen molar-refractivity contribution >= 4 is 35.0 Å². The second kappa shape index (κ2) is 10.4. The van der Waals surface area contributed by atoms with Crippen molar-refractivity contribution in [3.05, 3.63) is 45.1 Å². The third kappa shape index (κ3) is 6.03. The van der Waals surface area contributed by atoms with Gasteiger partial charge in [-0.25, -0.2) is 4.98 Å². The molecule has 5 nitrogen and oxygen atoms in total. The average molecular weight is 462 g/mol. The molecule has 0 saturated heterocycles. The predicted molar refractivity (Wildman–Crippen MR) is 131 cm³/mol. The molecule has 0 amide bonds. The van der Waals surface area contributed by atoms with Crippen LogP contribution < -0.4 is 15.5 Å². The Labute approximate surface area is 195 Å². The normalized spacial score (nSPS) is 20.9. The summed E-state index contributed by atoms with van der Waals surface area (Å²) in [7, 11) is 4.16. The van der Waals surface area contributed by atoms with Crippen molar-refractivity contribution in [1.82, 2.24) is 15.3 Å². The van der Waals surface area contributed by atoms with Crippen LogP contribution in [0.4, 0.5) is 11.8 Å². The van der Waals surface area contributed by atoms with E-state index in [1.54, 1.807) is 6.07 Å². The van der Waals surface area contributed by atoms with Gasteiger partial charge in [0.2, 0.25) is 5.95 Å². The Hall–Kier alpha value is -1.56. The summed E-state index contributed by atoms with van der Waals surface area (Å²) in [5.74, 6) is 2.60. The van der Waals surface area contributed by atoms with Crippen LogP contribution in [0.5, 0.6) is 0 Å². The summed E-state index contributed by atoms with van der Waals surface area (Å²) in [6.07, 6.45) is 9.40. The molecule has 31 heavy (non-hydrogen) atoms. The van der Waals surface area contributed by atoms with Crippen molar-refractivity contribution in [1.29, 1.82) is 0 Å². The lowest BCUT2D eigenvalue weighted by Gasteiger charge is -2.30. The van der Waals surface area contributed by atoms with E-state index in [9.17, 15) is 0 Å². The van der Waals surface area contributed by atoms with Crippen molar-refractivity contribution in [3.8, 4) is 0 Å². The fourth-order valence-corrected chi connectivity index (χ4v) is 5.41. The van der Waals surface area contributed by atoms with E-state index in [0.29, 0.717) is 22.0 Å². The van der Waals surface area contributed by atoms with Crippen LogP contribution in [-0.4, -0.2) is 36.6 Å². The highest BCUT2D eigenvalue weighted by molar-refractivity contribution is 6.34. The lowest BCUT2D eigenvalue weighted by Crippen LogP contribution is -2.32. The van der Waals surface area contributed by atoms with Crippen LogP contribution in [0.15, 0.2) is 18.2 Å². The predicted octanol–water partition coefficient (Wildman–Crippen LogP) is 5.49. The number of hydrogen-bond acceptors (Lipinski definition) is 5. The molecule has 1 saturated carbocycles. The molecule has 7 heteroatoms. The molecule has 0 unspecified atom stereocenters. The van der Waals surface area contributed by atoms with E-state index in [1.807, 2.05) is 12.1 Å². The summed E-state index contributed by atoms with van der Waals surface area (Å²) in [5, 5.41) is 8.60. The average Bonchev–Trinajstić information content (AvgIpc) is 2.73. The largest absolute Gasteiger partial charge is 0.362 e. The molecule has 0 bridgehead atoms. The maximum Gasteiger partial charge on any atom is 0.225 e. The molecule has 2 aliphatic rings. The first-order valence-corrected chi connectivity index (χ1v) is 12.2. The standard InChI is InChI=1S/C24H33Cl2N5/c1-31(2)23-21-5-3-4-6-22(21)29-24(30-23)28-20-9-7-16(8-10-20)14-27-15-17-11-18(25)13-19(26)12-17/h11-13,16,20,27H,3-10,14-15H2,1-2H3,(H,28,29,30). The van der Waals surface area contributed by atoms with E-state index >= 15 is 0 Å². The van der Waals surface area contributed by atoms with Crippen LogP contribution in [0.1, 0.15) is 55.3 Å². The summed E-state index contributed by atoms with van der Waals surface area (Å²) in [6, 6.07) is 6.18. The number of hydrogen-bond donors (Lipinski definition) is 2. The Morgan fingerprint density at radius 1 is 0.968 bits per heavy atom. The quantitative estimate of drug-likeness (QED) is 0.570. The lowest BCUT2D eigenvalue weighted by atomic mass is 9.86. The molecule has 1 aromatic carbocycles. The first-order valence-electron chi connectivity index (χ1n) is 11.5. The Kier molecular flexibility index (Phi) is 7.57. The fraction of sp³-hybridized carbons (Fsp3) is 0.583. The summed E-state index contributed by atoms with van der Waals surface area (Å²) in [5.41, 5.74) is 3.72. The number of nitrogens with zero attached hydrogens (tertiary/aromatic N) is 3. The summed E-state index contributed by atoms with van der Waals surface area (Å²) >= 11 is 12.2. The van der Waals surface area contributed by atoms with Gasteiger partial charge in [-0.05, 0) is 87.6 Å². The SMILES string of the molecule is CN(C)c1nc(NC2CCC(CNCc3cc(Cl)cc(Cl)c3)CC2)nc2c1CCCC2. The van der Waals surface area contributed by atoms with E-state index in [1.165, 1.54) is 36.9 Å². The minimum atomic E-state index is 0.458. The maximum atomic E-state index is 6.09. The van der Waals surface area contributed by atoms with Crippen molar-refractivity contribution in [2.75, 3.05) is 30.9 Å². The van der Waals surface area contributed by atoms with Crippen molar-refractivity contribution in [2.24, 2.45) is 5.92 Å². The third-order valence-electron chi connectivity index (χ3n) is 6.45. The van der Waals surface area contributed by atoms with Crippen LogP contribution in [0.25, 0.3) is 0 Å². The second-order valence-electron chi connectivity index (χ2n) is 9.17. The molecule has 1 aromatic heterocycles. The number of aromatic nitrogens is 2. The molecule has 0 radical (unpaired) electrons. The zero-order valence-corrected chi connectivity index (χ0v) is 20.1. The van der Waals surface area contributed by atoms with Gasteiger partial charge < -0.3 is 15.5 Å². The van der Waals surface area contributed by atoms with Gasteiger partial charge in [0.05, 0.1) is 5.69 Å². The summed E-state index contributed by atoms with van der Waals surface area (Å²) < 4.78 is 0. The van der Waals surface area contributed by atoms with Crippen LogP contribution in [-0.2, 0) is 19.4 Å². The van der Waals surface area contributed by atoms with Crippen molar-refractivity contribution in [2.45, 2.75) is 64.0 Å². The molecule has 0 spiro atoms.